The van der Waals surface area contributed by atoms with E-state index in [1.54, 1.807) is 7.05 Å². The van der Waals surface area contributed by atoms with E-state index in [9.17, 15) is 9.59 Å². The van der Waals surface area contributed by atoms with E-state index < -0.39 is 0 Å². The monoisotopic (exact) mass is 429 g/mol. The molecule has 4 aromatic rings. The van der Waals surface area contributed by atoms with Crippen molar-refractivity contribution in [3.8, 4) is 0 Å². The van der Waals surface area contributed by atoms with Gasteiger partial charge in [-0.2, -0.15) is 4.98 Å². The number of anilines is 1. The zero-order chi connectivity index (χ0) is 22.4. The second kappa shape index (κ2) is 7.82. The van der Waals surface area contributed by atoms with Gasteiger partial charge in [0.2, 0.25) is 5.95 Å². The van der Waals surface area contributed by atoms with Crippen LogP contribution in [0.4, 0.5) is 5.95 Å². The zero-order valence-electron chi connectivity index (χ0n) is 18.7. The van der Waals surface area contributed by atoms with E-state index in [4.69, 9.17) is 4.98 Å². The Balaban J connectivity index is 1.65. The lowest BCUT2D eigenvalue weighted by Crippen LogP contribution is -2.41. The summed E-state index contributed by atoms with van der Waals surface area (Å²) in [4.78, 5) is 33.6. The van der Waals surface area contributed by atoms with Crippen molar-refractivity contribution >= 4 is 17.1 Å². The minimum Gasteiger partial charge on any atom is -0.338 e. The molecule has 2 aromatic carbocycles. The normalized spacial score (nSPS) is 15.8. The molecule has 1 atom stereocenters. The molecule has 0 amide bonds. The molecule has 0 saturated carbocycles. The van der Waals surface area contributed by atoms with E-state index in [0.717, 1.165) is 23.6 Å². The fraction of sp³-hybridized carbons (Fsp3) is 0.320. The van der Waals surface area contributed by atoms with Crippen LogP contribution in [0.15, 0.2) is 64.2 Å². The molecule has 1 aliphatic heterocycles. The molecule has 3 heterocycles. The average molecular weight is 430 g/mol. The number of aryl methyl sites for hydroxylation is 2. The van der Waals surface area contributed by atoms with Gasteiger partial charge in [0, 0.05) is 26.7 Å². The summed E-state index contributed by atoms with van der Waals surface area (Å²) in [5.41, 5.74) is 3.57. The van der Waals surface area contributed by atoms with Crippen LogP contribution in [0.5, 0.6) is 0 Å². The number of imidazole rings is 1. The molecule has 32 heavy (non-hydrogen) atoms. The van der Waals surface area contributed by atoms with Crippen LogP contribution < -0.4 is 16.1 Å². The lowest BCUT2D eigenvalue weighted by atomic mass is 10.1. The molecule has 7 heteroatoms. The maximum atomic E-state index is 13.5. The van der Waals surface area contributed by atoms with E-state index >= 15 is 0 Å². The van der Waals surface area contributed by atoms with Crippen molar-refractivity contribution < 1.29 is 0 Å². The topological polar surface area (TPSA) is 65.1 Å². The number of hydrogen-bond acceptors (Lipinski definition) is 4. The summed E-state index contributed by atoms with van der Waals surface area (Å²) in [5, 5.41) is 0. The summed E-state index contributed by atoms with van der Waals surface area (Å²) in [6, 6.07) is 18.2. The van der Waals surface area contributed by atoms with Gasteiger partial charge in [0.1, 0.15) is 0 Å². The summed E-state index contributed by atoms with van der Waals surface area (Å²) in [6.07, 6.45) is 0. The first kappa shape index (κ1) is 20.3. The Hall–Kier alpha value is -3.61. The second-order valence-corrected chi connectivity index (χ2v) is 8.88. The number of hydrogen-bond donors (Lipinski definition) is 0. The zero-order valence-corrected chi connectivity index (χ0v) is 18.7. The Morgan fingerprint density at radius 2 is 1.62 bits per heavy atom. The fourth-order valence-corrected chi connectivity index (χ4v) is 4.56. The number of benzene rings is 2. The van der Waals surface area contributed by atoms with Crippen LogP contribution in [0.2, 0.25) is 0 Å². The molecule has 164 valence electrons. The van der Waals surface area contributed by atoms with Crippen molar-refractivity contribution in [2.45, 2.75) is 33.5 Å². The van der Waals surface area contributed by atoms with Gasteiger partial charge in [0.25, 0.3) is 5.56 Å². The molecular weight excluding hydrogens is 402 g/mol. The van der Waals surface area contributed by atoms with Crippen LogP contribution in [0, 0.1) is 12.8 Å². The molecule has 0 unspecified atom stereocenters. The summed E-state index contributed by atoms with van der Waals surface area (Å²) in [5.74, 6) is 1.10. The standard InChI is InChI=1S/C25H27N5O2/c1-17-9-11-20(12-10-17)16-30-23(31)21-22(27(3)25(30)32)26-24-28(13-18(2)14-29(21)24)15-19-7-5-4-6-8-19/h4-12,18H,13-16H2,1-3H3/t18-/m1/s1. The Labute approximate surface area is 186 Å². The summed E-state index contributed by atoms with van der Waals surface area (Å²) >= 11 is 0. The summed E-state index contributed by atoms with van der Waals surface area (Å²) < 4.78 is 4.82. The predicted molar refractivity (Wildman–Crippen MR) is 126 cm³/mol. The predicted octanol–water partition coefficient (Wildman–Crippen LogP) is 2.91. The van der Waals surface area contributed by atoms with Gasteiger partial charge >= 0.3 is 5.69 Å². The van der Waals surface area contributed by atoms with Crippen molar-refractivity contribution in [2.75, 3.05) is 11.4 Å². The highest BCUT2D eigenvalue weighted by Gasteiger charge is 2.29. The summed E-state index contributed by atoms with van der Waals surface area (Å²) in [6.45, 7) is 6.70. The second-order valence-electron chi connectivity index (χ2n) is 8.88. The molecule has 0 N–H and O–H groups in total. The van der Waals surface area contributed by atoms with Gasteiger partial charge in [0.15, 0.2) is 11.2 Å². The molecule has 1 aliphatic rings. The highest BCUT2D eigenvalue weighted by Crippen LogP contribution is 2.28. The van der Waals surface area contributed by atoms with Crippen molar-refractivity contribution in [3.63, 3.8) is 0 Å². The minimum atomic E-state index is -0.346. The van der Waals surface area contributed by atoms with Gasteiger partial charge in [-0.05, 0) is 24.0 Å². The lowest BCUT2D eigenvalue weighted by Gasteiger charge is -2.33. The molecule has 0 spiro atoms. The first-order valence-electron chi connectivity index (χ1n) is 11.0. The molecule has 0 fully saturated rings. The highest BCUT2D eigenvalue weighted by atomic mass is 16.2. The van der Waals surface area contributed by atoms with E-state index in [1.165, 1.54) is 14.7 Å². The Morgan fingerprint density at radius 3 is 2.34 bits per heavy atom. The molecule has 7 nitrogen and oxygen atoms in total. The van der Waals surface area contributed by atoms with Crippen molar-refractivity contribution in [2.24, 2.45) is 13.0 Å². The lowest BCUT2D eigenvalue weighted by molar-refractivity contribution is 0.435. The Morgan fingerprint density at radius 1 is 0.938 bits per heavy atom. The Kier molecular flexibility index (Phi) is 4.96. The molecule has 0 saturated heterocycles. The van der Waals surface area contributed by atoms with Gasteiger partial charge in [-0.1, -0.05) is 67.1 Å². The van der Waals surface area contributed by atoms with Crippen LogP contribution in [0.3, 0.4) is 0 Å². The SMILES string of the molecule is Cc1ccc(Cn2c(=O)c3c(nc4n3C[C@H](C)CN4Cc3ccccc3)n(C)c2=O)cc1. The van der Waals surface area contributed by atoms with E-state index in [2.05, 4.69) is 24.0 Å². The highest BCUT2D eigenvalue weighted by molar-refractivity contribution is 5.75. The fourth-order valence-electron chi connectivity index (χ4n) is 4.56. The molecule has 5 rings (SSSR count). The number of rotatable bonds is 4. The van der Waals surface area contributed by atoms with E-state index in [1.807, 2.05) is 54.0 Å². The van der Waals surface area contributed by atoms with Gasteiger partial charge in [0.05, 0.1) is 6.54 Å². The van der Waals surface area contributed by atoms with E-state index in [-0.39, 0.29) is 17.8 Å². The van der Waals surface area contributed by atoms with Crippen molar-refractivity contribution in [3.05, 3.63) is 92.1 Å². The molecule has 2 aromatic heterocycles. The van der Waals surface area contributed by atoms with Crippen LogP contribution in [0.1, 0.15) is 23.6 Å². The van der Waals surface area contributed by atoms with Gasteiger partial charge in [-0.15, -0.1) is 0 Å². The van der Waals surface area contributed by atoms with Crippen LogP contribution in [-0.4, -0.2) is 25.2 Å². The van der Waals surface area contributed by atoms with E-state index in [0.29, 0.717) is 30.2 Å². The third kappa shape index (κ3) is 3.43. The van der Waals surface area contributed by atoms with Crippen molar-refractivity contribution in [1.29, 1.82) is 0 Å². The summed E-state index contributed by atoms with van der Waals surface area (Å²) in [7, 11) is 1.69. The van der Waals surface area contributed by atoms with Crippen molar-refractivity contribution in [1.82, 2.24) is 18.7 Å². The minimum absolute atomic E-state index is 0.242. The van der Waals surface area contributed by atoms with Crippen LogP contribution >= 0.6 is 0 Å². The molecule has 0 radical (unpaired) electrons. The van der Waals surface area contributed by atoms with Gasteiger partial charge < -0.3 is 9.47 Å². The molecule has 0 bridgehead atoms. The number of nitrogens with zero attached hydrogens (tertiary/aromatic N) is 5. The maximum Gasteiger partial charge on any atom is 0.332 e. The molecular formula is C25H27N5O2. The largest absolute Gasteiger partial charge is 0.338 e. The molecule has 0 aliphatic carbocycles. The number of fused-ring (bicyclic) bond motifs is 3. The maximum absolute atomic E-state index is 13.5. The third-order valence-electron chi connectivity index (χ3n) is 6.20. The van der Waals surface area contributed by atoms with Gasteiger partial charge in [-0.25, -0.2) is 4.79 Å². The van der Waals surface area contributed by atoms with Crippen LogP contribution in [-0.2, 0) is 26.7 Å². The van der Waals surface area contributed by atoms with Crippen LogP contribution in [0.25, 0.3) is 11.2 Å². The average Bonchev–Trinajstić information content (AvgIpc) is 3.17. The quantitative estimate of drug-likeness (QED) is 0.500. The smallest absolute Gasteiger partial charge is 0.332 e. The third-order valence-corrected chi connectivity index (χ3v) is 6.20. The number of aromatic nitrogens is 4. The Bertz CT molecular complexity index is 1400. The first-order chi connectivity index (χ1) is 15.4. The first-order valence-corrected chi connectivity index (χ1v) is 11.0. The van der Waals surface area contributed by atoms with Gasteiger partial charge in [-0.3, -0.25) is 13.9 Å².